The molecule has 0 saturated carbocycles. The van der Waals surface area contributed by atoms with Gasteiger partial charge in [0, 0.05) is 31.9 Å². The number of piperidine rings is 1. The summed E-state index contributed by atoms with van der Waals surface area (Å²) in [5.74, 6) is 0.806. The molecule has 1 aliphatic rings. The summed E-state index contributed by atoms with van der Waals surface area (Å²) in [4.78, 5) is 6.81. The minimum Gasteiger partial charge on any atom is -0.366 e. The first-order valence-electron chi connectivity index (χ1n) is 7.44. The average Bonchev–Trinajstić information content (AvgIpc) is 2.52. The standard InChI is InChI=1S/C17H20ClN3/c18-16-7-4-10-19-17(16)20-15-8-11-21(12-9-15)13-14-5-2-1-3-6-14/h1-7,10,15H,8-9,11-13H2,(H,19,20). The molecule has 1 saturated heterocycles. The van der Waals surface area contributed by atoms with Gasteiger partial charge < -0.3 is 5.32 Å². The second kappa shape index (κ2) is 6.92. The molecule has 0 atom stereocenters. The maximum atomic E-state index is 6.14. The molecule has 3 nitrogen and oxygen atoms in total. The normalized spacial score (nSPS) is 16.8. The van der Waals surface area contributed by atoms with Crippen LogP contribution in [0.4, 0.5) is 5.82 Å². The quantitative estimate of drug-likeness (QED) is 0.931. The minimum atomic E-state index is 0.462. The van der Waals surface area contributed by atoms with Crippen LogP contribution in [0.1, 0.15) is 18.4 Å². The van der Waals surface area contributed by atoms with Gasteiger partial charge in [0.05, 0.1) is 5.02 Å². The lowest BCUT2D eigenvalue weighted by molar-refractivity contribution is 0.211. The summed E-state index contributed by atoms with van der Waals surface area (Å²) in [6, 6.07) is 14.9. The smallest absolute Gasteiger partial charge is 0.144 e. The fraction of sp³-hybridized carbons (Fsp3) is 0.353. The topological polar surface area (TPSA) is 28.2 Å². The molecule has 21 heavy (non-hydrogen) atoms. The lowest BCUT2D eigenvalue weighted by Gasteiger charge is -2.32. The number of likely N-dealkylation sites (tertiary alicyclic amines) is 1. The van der Waals surface area contributed by atoms with Gasteiger partial charge in [0.1, 0.15) is 5.82 Å². The van der Waals surface area contributed by atoms with Gasteiger partial charge in [0.2, 0.25) is 0 Å². The third-order valence-electron chi connectivity index (χ3n) is 3.94. The molecule has 2 aromatic rings. The molecule has 0 spiro atoms. The molecule has 0 radical (unpaired) electrons. The van der Waals surface area contributed by atoms with Gasteiger partial charge in [-0.2, -0.15) is 0 Å². The molecule has 110 valence electrons. The van der Waals surface area contributed by atoms with Crippen molar-refractivity contribution < 1.29 is 0 Å². The van der Waals surface area contributed by atoms with Crippen LogP contribution in [0, 0.1) is 0 Å². The van der Waals surface area contributed by atoms with E-state index in [2.05, 4.69) is 45.5 Å². The number of rotatable bonds is 4. The fourth-order valence-corrected chi connectivity index (χ4v) is 2.94. The first kappa shape index (κ1) is 14.4. The van der Waals surface area contributed by atoms with Crippen molar-refractivity contribution in [3.8, 4) is 0 Å². The van der Waals surface area contributed by atoms with Gasteiger partial charge >= 0.3 is 0 Å². The van der Waals surface area contributed by atoms with Crippen molar-refractivity contribution in [2.75, 3.05) is 18.4 Å². The average molecular weight is 302 g/mol. The Labute approximate surface area is 131 Å². The summed E-state index contributed by atoms with van der Waals surface area (Å²) in [5, 5.41) is 4.16. The Morgan fingerprint density at radius 3 is 2.57 bits per heavy atom. The first-order valence-corrected chi connectivity index (χ1v) is 7.82. The Morgan fingerprint density at radius 2 is 1.86 bits per heavy atom. The van der Waals surface area contributed by atoms with Crippen LogP contribution in [-0.2, 0) is 6.54 Å². The van der Waals surface area contributed by atoms with Crippen LogP contribution in [0.3, 0.4) is 0 Å². The van der Waals surface area contributed by atoms with E-state index in [0.29, 0.717) is 11.1 Å². The first-order chi connectivity index (χ1) is 10.3. The van der Waals surface area contributed by atoms with Gasteiger partial charge in [-0.15, -0.1) is 0 Å². The zero-order valence-corrected chi connectivity index (χ0v) is 12.8. The molecule has 3 rings (SSSR count). The number of hydrogen-bond acceptors (Lipinski definition) is 3. The van der Waals surface area contributed by atoms with Gasteiger partial charge in [-0.1, -0.05) is 41.9 Å². The van der Waals surface area contributed by atoms with E-state index < -0.39 is 0 Å². The molecule has 1 aliphatic heterocycles. The van der Waals surface area contributed by atoms with Crippen molar-refractivity contribution in [1.29, 1.82) is 0 Å². The van der Waals surface area contributed by atoms with Crippen molar-refractivity contribution >= 4 is 17.4 Å². The van der Waals surface area contributed by atoms with Gasteiger partial charge in [-0.25, -0.2) is 4.98 Å². The number of nitrogens with zero attached hydrogens (tertiary/aromatic N) is 2. The number of anilines is 1. The van der Waals surface area contributed by atoms with Crippen LogP contribution in [0.5, 0.6) is 0 Å². The van der Waals surface area contributed by atoms with E-state index in [4.69, 9.17) is 11.6 Å². The highest BCUT2D eigenvalue weighted by Crippen LogP contribution is 2.22. The molecule has 1 aromatic carbocycles. The highest BCUT2D eigenvalue weighted by atomic mass is 35.5. The number of hydrogen-bond donors (Lipinski definition) is 1. The van der Waals surface area contributed by atoms with Gasteiger partial charge in [0.15, 0.2) is 0 Å². The van der Waals surface area contributed by atoms with Crippen molar-refractivity contribution in [1.82, 2.24) is 9.88 Å². The molecule has 1 fully saturated rings. The Bertz CT molecular complexity index is 565. The molecule has 0 amide bonds. The van der Waals surface area contributed by atoms with E-state index in [0.717, 1.165) is 38.3 Å². The van der Waals surface area contributed by atoms with Crippen molar-refractivity contribution in [3.05, 3.63) is 59.2 Å². The summed E-state index contributed by atoms with van der Waals surface area (Å²) < 4.78 is 0. The summed E-state index contributed by atoms with van der Waals surface area (Å²) in [7, 11) is 0. The highest BCUT2D eigenvalue weighted by Gasteiger charge is 2.19. The maximum absolute atomic E-state index is 6.14. The predicted molar refractivity (Wildman–Crippen MR) is 87.6 cm³/mol. The fourth-order valence-electron chi connectivity index (χ4n) is 2.76. The molecule has 1 aromatic heterocycles. The summed E-state index contributed by atoms with van der Waals surface area (Å²) >= 11 is 6.14. The van der Waals surface area contributed by atoms with Crippen LogP contribution in [0.15, 0.2) is 48.7 Å². The van der Waals surface area contributed by atoms with Crippen molar-refractivity contribution in [2.24, 2.45) is 0 Å². The molecule has 0 aliphatic carbocycles. The summed E-state index contributed by atoms with van der Waals surface area (Å²) in [5.41, 5.74) is 1.39. The second-order valence-electron chi connectivity index (χ2n) is 5.51. The third-order valence-corrected chi connectivity index (χ3v) is 4.24. The molecule has 0 bridgehead atoms. The van der Waals surface area contributed by atoms with Gasteiger partial charge in [-0.05, 0) is 30.5 Å². The number of benzene rings is 1. The van der Waals surface area contributed by atoms with Gasteiger partial charge in [-0.3, -0.25) is 4.90 Å². The zero-order chi connectivity index (χ0) is 14.5. The third kappa shape index (κ3) is 3.96. The van der Waals surface area contributed by atoms with Crippen LogP contribution >= 0.6 is 11.6 Å². The van der Waals surface area contributed by atoms with Crippen LogP contribution in [0.25, 0.3) is 0 Å². The molecule has 2 heterocycles. The van der Waals surface area contributed by atoms with Crippen LogP contribution in [-0.4, -0.2) is 29.0 Å². The number of nitrogens with one attached hydrogen (secondary N) is 1. The maximum Gasteiger partial charge on any atom is 0.144 e. The molecular formula is C17H20ClN3. The highest BCUT2D eigenvalue weighted by molar-refractivity contribution is 6.32. The lowest BCUT2D eigenvalue weighted by Crippen LogP contribution is -2.38. The van der Waals surface area contributed by atoms with Gasteiger partial charge in [0.25, 0.3) is 0 Å². The van der Waals surface area contributed by atoms with E-state index in [1.165, 1.54) is 5.56 Å². The zero-order valence-electron chi connectivity index (χ0n) is 12.0. The SMILES string of the molecule is Clc1cccnc1NC1CCN(Cc2ccccc2)CC1. The number of pyridine rings is 1. The minimum absolute atomic E-state index is 0.462. The van der Waals surface area contributed by atoms with Crippen molar-refractivity contribution in [2.45, 2.75) is 25.4 Å². The predicted octanol–water partition coefficient (Wildman–Crippen LogP) is 3.81. The van der Waals surface area contributed by atoms with E-state index in [9.17, 15) is 0 Å². The molecule has 4 heteroatoms. The Morgan fingerprint density at radius 1 is 1.10 bits per heavy atom. The Hall–Kier alpha value is -1.58. The molecule has 0 unspecified atom stereocenters. The van der Waals surface area contributed by atoms with E-state index in [1.807, 2.05) is 12.1 Å². The van der Waals surface area contributed by atoms with E-state index >= 15 is 0 Å². The van der Waals surface area contributed by atoms with E-state index in [1.54, 1.807) is 6.20 Å². The van der Waals surface area contributed by atoms with E-state index in [-0.39, 0.29) is 0 Å². The van der Waals surface area contributed by atoms with Crippen LogP contribution < -0.4 is 5.32 Å². The lowest BCUT2D eigenvalue weighted by atomic mass is 10.0. The number of halogens is 1. The van der Waals surface area contributed by atoms with Crippen LogP contribution in [0.2, 0.25) is 5.02 Å². The summed E-state index contributed by atoms with van der Waals surface area (Å²) in [6.45, 7) is 3.26. The molecule has 1 N–H and O–H groups in total. The molecular weight excluding hydrogens is 282 g/mol. The van der Waals surface area contributed by atoms with Crippen molar-refractivity contribution in [3.63, 3.8) is 0 Å². The largest absolute Gasteiger partial charge is 0.366 e. The Kier molecular flexibility index (Phi) is 4.73. The summed E-state index contributed by atoms with van der Waals surface area (Å²) in [6.07, 6.45) is 4.03. The number of aromatic nitrogens is 1. The monoisotopic (exact) mass is 301 g/mol. The second-order valence-corrected chi connectivity index (χ2v) is 5.92. The Balaban J connectivity index is 1.50.